The minimum absolute atomic E-state index is 0.235. The summed E-state index contributed by atoms with van der Waals surface area (Å²) in [5, 5.41) is 6.56. The van der Waals surface area contributed by atoms with E-state index in [4.69, 9.17) is 27.9 Å². The lowest BCUT2D eigenvalue weighted by atomic mass is 10.0. The van der Waals surface area contributed by atoms with Crippen molar-refractivity contribution in [3.63, 3.8) is 0 Å². The van der Waals surface area contributed by atoms with Crippen LogP contribution >= 0.6 is 57.6 Å². The molecular formula is C49H42Cl2N4O7S5. The van der Waals surface area contributed by atoms with Gasteiger partial charge < -0.3 is 23.6 Å². The maximum absolute atomic E-state index is 11.3. The number of hydrogen-bond acceptors (Lipinski definition) is 12. The maximum atomic E-state index is 11.3. The monoisotopic (exact) mass is 1030 g/mol. The van der Waals surface area contributed by atoms with Gasteiger partial charge in [0.15, 0.2) is 12.3 Å². The molecule has 6 aromatic carbocycles. The van der Waals surface area contributed by atoms with E-state index < -0.39 is 26.0 Å². The third kappa shape index (κ3) is 10.7. The summed E-state index contributed by atoms with van der Waals surface area (Å²) in [5.41, 5.74) is 6.31. The van der Waals surface area contributed by atoms with E-state index in [0.29, 0.717) is 41.9 Å². The quantitative estimate of drug-likeness (QED) is 0.0660. The summed E-state index contributed by atoms with van der Waals surface area (Å²) in [7, 11) is -4.50. The summed E-state index contributed by atoms with van der Waals surface area (Å²) < 4.78 is 79.3. The van der Waals surface area contributed by atoms with Crippen LogP contribution in [0.3, 0.4) is 0 Å². The van der Waals surface area contributed by atoms with Crippen LogP contribution in [-0.4, -0.2) is 51.0 Å². The number of thiazole rings is 2. The van der Waals surface area contributed by atoms with Crippen LogP contribution in [-0.2, 0) is 33.8 Å². The normalized spacial score (nSPS) is 14.8. The van der Waals surface area contributed by atoms with Crippen molar-refractivity contribution in [3.05, 3.63) is 152 Å². The van der Waals surface area contributed by atoms with Crippen LogP contribution in [0.4, 0.5) is 11.4 Å². The third-order valence-electron chi connectivity index (χ3n) is 11.4. The number of aromatic nitrogens is 2. The maximum Gasteiger partial charge on any atom is 0.268 e. The predicted octanol–water partition coefficient (Wildman–Crippen LogP) is 11.0. The summed E-state index contributed by atoms with van der Waals surface area (Å²) >= 11 is 17.3. The van der Waals surface area contributed by atoms with Crippen LogP contribution in [0, 0.1) is 0 Å². The smallest absolute Gasteiger partial charge is 0.268 e. The average Bonchev–Trinajstić information content (AvgIpc) is 4.02. The number of anilines is 2. The fraction of sp³-hybridized carbons (Fsp3) is 0.184. The minimum Gasteiger partial charge on any atom is -0.748 e. The number of fused-ring (bicyclic) bond motifs is 6. The van der Waals surface area contributed by atoms with E-state index in [1.54, 1.807) is 34.4 Å². The first kappa shape index (κ1) is 47.1. The van der Waals surface area contributed by atoms with Crippen LogP contribution < -0.4 is 23.7 Å². The van der Waals surface area contributed by atoms with Crippen molar-refractivity contribution >= 4 is 133 Å². The van der Waals surface area contributed by atoms with E-state index in [-0.39, 0.29) is 12.2 Å². The molecule has 10 rings (SSSR count). The van der Waals surface area contributed by atoms with Gasteiger partial charge in [0.2, 0.25) is 16.9 Å². The van der Waals surface area contributed by atoms with Crippen LogP contribution in [0.15, 0.2) is 137 Å². The molecule has 0 saturated heterocycles. The fourth-order valence-corrected chi connectivity index (χ4v) is 12.9. The van der Waals surface area contributed by atoms with Crippen molar-refractivity contribution in [1.82, 2.24) is 0 Å². The van der Waals surface area contributed by atoms with E-state index in [1.807, 2.05) is 97.9 Å². The Balaban J connectivity index is 0.000000172. The first-order chi connectivity index (χ1) is 32.1. The molecule has 0 saturated carbocycles. The molecule has 67 heavy (non-hydrogen) atoms. The first-order valence-corrected chi connectivity index (χ1v) is 27.5. The molecule has 0 atom stereocenters. The van der Waals surface area contributed by atoms with Gasteiger partial charge in [-0.15, -0.1) is 0 Å². The average molecular weight is 1030 g/mol. The molecule has 11 nitrogen and oxygen atoms in total. The number of benzene rings is 6. The Morgan fingerprint density at radius 2 is 1.40 bits per heavy atom. The van der Waals surface area contributed by atoms with Crippen LogP contribution in [0.2, 0.25) is 10.0 Å². The Labute approximate surface area is 411 Å². The summed E-state index contributed by atoms with van der Waals surface area (Å²) in [5.74, 6) is 0.717. The van der Waals surface area contributed by atoms with Gasteiger partial charge in [0.25, 0.3) is 10.0 Å². The molecule has 2 aromatic heterocycles. The van der Waals surface area contributed by atoms with E-state index in [1.165, 1.54) is 0 Å². The third-order valence-corrected chi connectivity index (χ3v) is 16.8. The van der Waals surface area contributed by atoms with Crippen molar-refractivity contribution in [2.45, 2.75) is 30.7 Å². The standard InChI is InChI=1S/C29H24N2O4S2.C20H18Cl2N2O3S3/c1-30-24-18-22(20-8-3-2-4-9-20)12-14-25(24)35-27(30)19-28-31(16-7-17-37(32,33)34)29-23-11-6-5-10-21(23)13-15-26(29)36-28;1-23-15-10-13(21)4-6-17(15)28-19(23)12-20-24(8-2-3-9-30(25,26)27)16-11-14(22)5-7-18(16)29-20/h2-6,8-15,18-19H,7,16-17H2,1H3;4-7,10-12H,2-3,8-9H2,1H3. The Bertz CT molecular complexity index is 3490. The molecule has 0 fully saturated rings. The molecule has 2 aliphatic heterocycles. The summed E-state index contributed by atoms with van der Waals surface area (Å²) in [6, 6.07) is 40.3. The zero-order valence-electron chi connectivity index (χ0n) is 36.1. The predicted molar refractivity (Wildman–Crippen MR) is 272 cm³/mol. The zero-order chi connectivity index (χ0) is 47.0. The topological polar surface area (TPSA) is 138 Å². The van der Waals surface area contributed by atoms with Crippen LogP contribution in [0.5, 0.6) is 5.75 Å². The van der Waals surface area contributed by atoms with Crippen LogP contribution in [0.1, 0.15) is 29.3 Å². The van der Waals surface area contributed by atoms with Gasteiger partial charge in [-0.1, -0.05) is 118 Å². The van der Waals surface area contributed by atoms with Crippen molar-refractivity contribution in [1.29, 1.82) is 0 Å². The van der Waals surface area contributed by atoms with Gasteiger partial charge >= 0.3 is 0 Å². The highest BCUT2D eigenvalue weighted by Gasteiger charge is 2.30. The lowest BCUT2D eigenvalue weighted by Crippen LogP contribution is -2.36. The van der Waals surface area contributed by atoms with Gasteiger partial charge in [-0.05, 0) is 84.0 Å². The lowest BCUT2D eigenvalue weighted by Gasteiger charge is -2.20. The molecule has 344 valence electrons. The summed E-state index contributed by atoms with van der Waals surface area (Å²) in [6.07, 6.45) is 5.26. The fourth-order valence-electron chi connectivity index (χ4n) is 8.14. The molecule has 18 heteroatoms. The molecule has 0 N–H and O–H groups in total. The van der Waals surface area contributed by atoms with Crippen molar-refractivity contribution < 1.29 is 39.8 Å². The van der Waals surface area contributed by atoms with Crippen molar-refractivity contribution in [3.8, 4) is 16.9 Å². The molecule has 0 bridgehead atoms. The number of unbranched alkanes of at least 4 members (excludes halogenated alkanes) is 1. The molecule has 0 aliphatic carbocycles. The van der Waals surface area contributed by atoms with Crippen molar-refractivity contribution in [2.75, 3.05) is 34.9 Å². The number of rotatable bonds is 12. The largest absolute Gasteiger partial charge is 0.748 e. The van der Waals surface area contributed by atoms with Crippen molar-refractivity contribution in [2.24, 2.45) is 7.05 Å². The molecule has 0 unspecified atom stereocenters. The Kier molecular flexibility index (Phi) is 13.7. The molecule has 0 amide bonds. The zero-order valence-corrected chi connectivity index (χ0v) is 41.7. The number of thioether (sulfide) groups is 1. The summed E-state index contributed by atoms with van der Waals surface area (Å²) in [6.45, 7) is 1.01. The molecular weight excluding hydrogens is 988 g/mol. The van der Waals surface area contributed by atoms with Gasteiger partial charge in [-0.2, -0.15) is 9.13 Å². The number of halogens is 2. The lowest BCUT2D eigenvalue weighted by molar-refractivity contribution is -0.667. The molecule has 4 heterocycles. The van der Waals surface area contributed by atoms with Gasteiger partial charge in [-0.3, -0.25) is 0 Å². The number of nitrogens with zero attached hydrogens (tertiary/aromatic N) is 4. The Morgan fingerprint density at radius 3 is 2.19 bits per heavy atom. The van der Waals surface area contributed by atoms with Crippen LogP contribution in [0.25, 0.3) is 54.5 Å². The summed E-state index contributed by atoms with van der Waals surface area (Å²) in [4.78, 5) is 5.26. The van der Waals surface area contributed by atoms with E-state index in [0.717, 1.165) is 79.4 Å². The second kappa shape index (κ2) is 19.5. The second-order valence-corrected chi connectivity index (χ2v) is 23.1. The highest BCUT2D eigenvalue weighted by molar-refractivity contribution is 8.04. The first-order valence-electron chi connectivity index (χ1n) is 21.2. The highest BCUT2D eigenvalue weighted by atomic mass is 35.5. The highest BCUT2D eigenvalue weighted by Crippen LogP contribution is 2.48. The van der Waals surface area contributed by atoms with E-state index in [2.05, 4.69) is 68.6 Å². The second-order valence-electron chi connectivity index (χ2n) is 16.0. The Hall–Kier alpha value is -5.01. The van der Waals surface area contributed by atoms with Gasteiger partial charge in [0.1, 0.15) is 16.4 Å². The molecule has 8 aromatic rings. The minimum atomic E-state index is -4.29. The number of aryl methyl sites for hydroxylation is 2. The van der Waals surface area contributed by atoms with Gasteiger partial charge in [-0.25, -0.2) is 16.8 Å². The SMILES string of the molecule is CN1C(=Cc2sc3ccc4ccccc4c3[n+]2CCCS(=O)(=O)[O-])Oc2ccc(-c3ccccc3)cc21.C[n+]1c(C=C2Sc3ccc(Cl)cc3N2CCCCS(=O)(=O)[O-])sc2ccc(Cl)cc21. The molecule has 2 aliphatic rings. The number of ether oxygens (including phenoxy) is 1. The Morgan fingerprint density at radius 1 is 0.701 bits per heavy atom. The molecule has 0 spiro atoms. The van der Waals surface area contributed by atoms with Gasteiger partial charge in [0, 0.05) is 52.5 Å². The van der Waals surface area contributed by atoms with E-state index >= 15 is 0 Å². The van der Waals surface area contributed by atoms with Gasteiger partial charge in [0.05, 0.1) is 54.2 Å². The molecule has 0 radical (unpaired) electrons. The van der Waals surface area contributed by atoms with E-state index in [9.17, 15) is 25.9 Å². The number of hydrogen-bond donors (Lipinski definition) is 0.